The van der Waals surface area contributed by atoms with Crippen molar-refractivity contribution in [3.8, 4) is 0 Å². The van der Waals surface area contributed by atoms with Gasteiger partial charge < -0.3 is 10.2 Å². The van der Waals surface area contributed by atoms with Gasteiger partial charge in [-0.2, -0.15) is 13.2 Å². The highest BCUT2D eigenvalue weighted by atomic mass is 32.2. The predicted octanol–water partition coefficient (Wildman–Crippen LogP) is 2.17. The summed E-state index contributed by atoms with van der Waals surface area (Å²) in [6, 6.07) is 5.28. The summed E-state index contributed by atoms with van der Waals surface area (Å²) in [5, 5.41) is 3.15. The van der Waals surface area contributed by atoms with E-state index < -0.39 is 25.8 Å². The van der Waals surface area contributed by atoms with E-state index in [1.165, 1.54) is 12.1 Å². The van der Waals surface area contributed by atoms with Crippen molar-refractivity contribution in [1.82, 2.24) is 5.32 Å². The predicted molar refractivity (Wildman–Crippen MR) is 74.0 cm³/mol. The van der Waals surface area contributed by atoms with Gasteiger partial charge in [0.25, 0.3) is 9.84 Å². The maximum atomic E-state index is 12.8. The second kappa shape index (κ2) is 5.17. The van der Waals surface area contributed by atoms with Crippen LogP contribution in [0.15, 0.2) is 29.2 Å². The SMILES string of the molecule is CC1(C)CNCCN1c1ccccc1S(=O)(=O)C(F)(F)F. The number of halogens is 3. The van der Waals surface area contributed by atoms with Gasteiger partial charge in [0.1, 0.15) is 0 Å². The number of piperazine rings is 1. The summed E-state index contributed by atoms with van der Waals surface area (Å²) in [4.78, 5) is 1.02. The third kappa shape index (κ3) is 2.87. The molecule has 1 fully saturated rings. The fourth-order valence-electron chi connectivity index (χ4n) is 2.46. The van der Waals surface area contributed by atoms with Gasteiger partial charge in [-0.25, -0.2) is 8.42 Å². The Morgan fingerprint density at radius 2 is 1.86 bits per heavy atom. The average molecular weight is 322 g/mol. The van der Waals surface area contributed by atoms with Gasteiger partial charge in [0, 0.05) is 25.2 Å². The molecule has 1 aliphatic rings. The highest BCUT2D eigenvalue weighted by Gasteiger charge is 2.49. The lowest BCUT2D eigenvalue weighted by Gasteiger charge is -2.45. The Kier molecular flexibility index (Phi) is 3.96. The molecule has 0 bridgehead atoms. The monoisotopic (exact) mass is 322 g/mol. The molecule has 1 heterocycles. The maximum absolute atomic E-state index is 12.8. The van der Waals surface area contributed by atoms with Crippen molar-refractivity contribution in [2.24, 2.45) is 0 Å². The molecule has 1 aromatic carbocycles. The molecule has 0 atom stereocenters. The van der Waals surface area contributed by atoms with Crippen LogP contribution in [0.1, 0.15) is 13.8 Å². The second-order valence-electron chi connectivity index (χ2n) is 5.56. The molecule has 1 aromatic rings. The van der Waals surface area contributed by atoms with E-state index in [2.05, 4.69) is 5.32 Å². The number of benzene rings is 1. The normalized spacial score (nSPS) is 19.6. The van der Waals surface area contributed by atoms with Crippen LogP contribution in [0.5, 0.6) is 0 Å². The summed E-state index contributed by atoms with van der Waals surface area (Å²) in [7, 11) is -5.37. The smallest absolute Gasteiger partial charge is 0.363 e. The van der Waals surface area contributed by atoms with Crippen molar-refractivity contribution < 1.29 is 21.6 Å². The highest BCUT2D eigenvalue weighted by Crippen LogP contribution is 2.38. The van der Waals surface area contributed by atoms with Crippen LogP contribution in [0.3, 0.4) is 0 Å². The molecule has 0 aliphatic carbocycles. The number of sulfone groups is 1. The number of nitrogens with one attached hydrogen (secondary N) is 1. The zero-order valence-corrected chi connectivity index (χ0v) is 12.6. The van der Waals surface area contributed by atoms with Gasteiger partial charge in [-0.05, 0) is 26.0 Å². The lowest BCUT2D eigenvalue weighted by atomic mass is 9.99. The molecule has 0 saturated carbocycles. The Bertz CT molecular complexity index is 627. The fraction of sp³-hybridized carbons (Fsp3) is 0.538. The fourth-order valence-corrected chi connectivity index (χ4v) is 3.42. The molecular weight excluding hydrogens is 305 g/mol. The van der Waals surface area contributed by atoms with E-state index in [-0.39, 0.29) is 5.69 Å². The topological polar surface area (TPSA) is 49.4 Å². The third-order valence-corrected chi connectivity index (χ3v) is 5.08. The van der Waals surface area contributed by atoms with E-state index in [0.717, 1.165) is 6.07 Å². The van der Waals surface area contributed by atoms with Gasteiger partial charge in [0.15, 0.2) is 0 Å². The van der Waals surface area contributed by atoms with Gasteiger partial charge in [0.05, 0.1) is 10.6 Å². The minimum absolute atomic E-state index is 0.0984. The molecule has 2 rings (SSSR count). The Hall–Kier alpha value is -1.28. The molecule has 0 unspecified atom stereocenters. The number of nitrogens with zero attached hydrogens (tertiary/aromatic N) is 1. The average Bonchev–Trinajstić information content (AvgIpc) is 2.37. The zero-order valence-electron chi connectivity index (χ0n) is 11.7. The van der Waals surface area contributed by atoms with Crippen molar-refractivity contribution >= 4 is 15.5 Å². The van der Waals surface area contributed by atoms with Crippen LogP contribution in [0.4, 0.5) is 18.9 Å². The molecule has 8 heteroatoms. The van der Waals surface area contributed by atoms with Crippen molar-refractivity contribution in [3.63, 3.8) is 0 Å². The molecule has 4 nitrogen and oxygen atoms in total. The summed E-state index contributed by atoms with van der Waals surface area (Å²) in [6.07, 6.45) is 0. The Morgan fingerprint density at radius 1 is 1.24 bits per heavy atom. The van der Waals surface area contributed by atoms with E-state index in [4.69, 9.17) is 0 Å². The van der Waals surface area contributed by atoms with E-state index in [0.29, 0.717) is 19.6 Å². The summed E-state index contributed by atoms with van der Waals surface area (Å²) < 4.78 is 62.0. The molecule has 1 saturated heterocycles. The largest absolute Gasteiger partial charge is 0.501 e. The van der Waals surface area contributed by atoms with Crippen LogP contribution in [0.25, 0.3) is 0 Å². The number of para-hydroxylation sites is 1. The van der Waals surface area contributed by atoms with Crippen molar-refractivity contribution in [1.29, 1.82) is 0 Å². The quantitative estimate of drug-likeness (QED) is 0.907. The van der Waals surface area contributed by atoms with E-state index in [1.807, 2.05) is 13.8 Å². The molecule has 0 aromatic heterocycles. The molecule has 0 spiro atoms. The summed E-state index contributed by atoms with van der Waals surface area (Å²) in [6.45, 7) is 5.31. The zero-order chi connectivity index (χ0) is 15.9. The van der Waals surface area contributed by atoms with Crippen LogP contribution in [0, 0.1) is 0 Å². The number of hydrogen-bond donors (Lipinski definition) is 1. The first-order chi connectivity index (χ1) is 9.57. The van der Waals surface area contributed by atoms with E-state index in [9.17, 15) is 21.6 Å². The van der Waals surface area contributed by atoms with Gasteiger partial charge in [-0.15, -0.1) is 0 Å². The number of hydrogen-bond acceptors (Lipinski definition) is 4. The van der Waals surface area contributed by atoms with Gasteiger partial charge in [0.2, 0.25) is 0 Å². The molecule has 0 radical (unpaired) electrons. The third-order valence-electron chi connectivity index (χ3n) is 3.55. The lowest BCUT2D eigenvalue weighted by molar-refractivity contribution is -0.0435. The molecule has 21 heavy (non-hydrogen) atoms. The van der Waals surface area contributed by atoms with Crippen molar-refractivity contribution in [2.45, 2.75) is 29.8 Å². The first kappa shape index (κ1) is 16.1. The summed E-state index contributed by atoms with van der Waals surface area (Å²) >= 11 is 0. The van der Waals surface area contributed by atoms with Crippen LogP contribution in [-0.4, -0.2) is 39.1 Å². The van der Waals surface area contributed by atoms with Crippen molar-refractivity contribution in [3.05, 3.63) is 24.3 Å². The molecule has 0 amide bonds. The first-order valence-electron chi connectivity index (χ1n) is 6.46. The lowest BCUT2D eigenvalue weighted by Crippen LogP contribution is -2.58. The Morgan fingerprint density at radius 3 is 2.43 bits per heavy atom. The summed E-state index contributed by atoms with van der Waals surface area (Å²) in [5.74, 6) is 0. The van der Waals surface area contributed by atoms with Crippen LogP contribution in [0.2, 0.25) is 0 Å². The number of alkyl halides is 3. The minimum atomic E-state index is -5.37. The van der Waals surface area contributed by atoms with E-state index >= 15 is 0 Å². The van der Waals surface area contributed by atoms with Crippen LogP contribution in [-0.2, 0) is 9.84 Å². The standard InChI is InChI=1S/C13H17F3N2O2S/c1-12(2)9-17-7-8-18(12)10-5-3-4-6-11(10)21(19,20)13(14,15)16/h3-6,17H,7-9H2,1-2H3. The minimum Gasteiger partial charge on any atom is -0.363 e. The second-order valence-corrected chi connectivity index (χ2v) is 7.47. The first-order valence-corrected chi connectivity index (χ1v) is 7.94. The Balaban J connectivity index is 2.57. The molecule has 1 N–H and O–H groups in total. The number of rotatable bonds is 2. The summed E-state index contributed by atoms with van der Waals surface area (Å²) in [5.41, 5.74) is -5.68. The van der Waals surface area contributed by atoms with Gasteiger partial charge in [-0.1, -0.05) is 12.1 Å². The molecule has 1 aliphatic heterocycles. The molecule has 118 valence electrons. The van der Waals surface area contributed by atoms with Crippen LogP contribution < -0.4 is 10.2 Å². The molecular formula is C13H17F3N2O2S. The van der Waals surface area contributed by atoms with Crippen molar-refractivity contribution in [2.75, 3.05) is 24.5 Å². The highest BCUT2D eigenvalue weighted by molar-refractivity contribution is 7.92. The van der Waals surface area contributed by atoms with Crippen LogP contribution >= 0.6 is 0 Å². The number of anilines is 1. The maximum Gasteiger partial charge on any atom is 0.501 e. The van der Waals surface area contributed by atoms with Gasteiger partial charge in [-0.3, -0.25) is 0 Å². The Labute approximate surface area is 121 Å². The van der Waals surface area contributed by atoms with E-state index in [1.54, 1.807) is 11.0 Å². The van der Waals surface area contributed by atoms with Gasteiger partial charge >= 0.3 is 5.51 Å².